The van der Waals surface area contributed by atoms with Crippen LogP contribution in [-0.4, -0.2) is 28.7 Å². The molecule has 8 heteroatoms. The molecule has 1 rings (SSSR count). The highest BCUT2D eigenvalue weighted by molar-refractivity contribution is 5.98. The van der Waals surface area contributed by atoms with Gasteiger partial charge in [-0.25, -0.2) is 0 Å². The van der Waals surface area contributed by atoms with E-state index in [9.17, 15) is 31.1 Å². The van der Waals surface area contributed by atoms with Crippen molar-refractivity contribution < 1.29 is 36.2 Å². The van der Waals surface area contributed by atoms with Gasteiger partial charge in [-0.2, -0.15) is 26.3 Å². The van der Waals surface area contributed by atoms with Crippen molar-refractivity contribution in [2.24, 2.45) is 0 Å². The molecule has 0 heterocycles. The van der Waals surface area contributed by atoms with Gasteiger partial charge in [0.1, 0.15) is 0 Å². The SMILES string of the molecule is O=C1C=C(O)C(F)(F)C(F)(F)C1(F)F. The second-order valence-electron chi connectivity index (χ2n) is 2.62. The number of ketones is 1. The van der Waals surface area contributed by atoms with Crippen LogP contribution in [0.2, 0.25) is 0 Å². The highest BCUT2D eigenvalue weighted by Gasteiger charge is 2.78. The van der Waals surface area contributed by atoms with E-state index in [4.69, 9.17) is 5.11 Å². The average molecular weight is 220 g/mol. The minimum Gasteiger partial charge on any atom is -0.506 e. The third-order valence-electron chi connectivity index (χ3n) is 1.69. The number of halogens is 6. The van der Waals surface area contributed by atoms with Crippen molar-refractivity contribution in [3.05, 3.63) is 11.8 Å². The molecule has 0 amide bonds. The van der Waals surface area contributed by atoms with Gasteiger partial charge in [0.2, 0.25) is 5.78 Å². The van der Waals surface area contributed by atoms with E-state index in [0.717, 1.165) is 0 Å². The van der Waals surface area contributed by atoms with E-state index in [2.05, 4.69) is 0 Å². The van der Waals surface area contributed by atoms with Crippen LogP contribution in [0.3, 0.4) is 0 Å². The molecule has 0 saturated heterocycles. The van der Waals surface area contributed by atoms with E-state index in [1.807, 2.05) is 0 Å². The minimum atomic E-state index is -5.92. The zero-order valence-corrected chi connectivity index (χ0v) is 6.20. The number of hydrogen-bond acceptors (Lipinski definition) is 2. The first kappa shape index (κ1) is 10.9. The molecule has 0 bridgehead atoms. The van der Waals surface area contributed by atoms with Gasteiger partial charge in [0, 0.05) is 6.08 Å². The van der Waals surface area contributed by atoms with Crippen LogP contribution in [0.15, 0.2) is 11.8 Å². The average Bonchev–Trinajstić information content (AvgIpc) is 2.01. The van der Waals surface area contributed by atoms with E-state index in [-0.39, 0.29) is 0 Å². The molecule has 80 valence electrons. The first-order valence-electron chi connectivity index (χ1n) is 3.14. The topological polar surface area (TPSA) is 37.3 Å². The highest BCUT2D eigenvalue weighted by atomic mass is 19.3. The van der Waals surface area contributed by atoms with E-state index >= 15 is 0 Å². The van der Waals surface area contributed by atoms with Gasteiger partial charge in [0.15, 0.2) is 5.76 Å². The van der Waals surface area contributed by atoms with Crippen LogP contribution in [-0.2, 0) is 4.79 Å². The van der Waals surface area contributed by atoms with Crippen LogP contribution >= 0.6 is 0 Å². The van der Waals surface area contributed by atoms with E-state index < -0.39 is 35.4 Å². The van der Waals surface area contributed by atoms with Crippen LogP contribution in [0.25, 0.3) is 0 Å². The van der Waals surface area contributed by atoms with E-state index in [0.29, 0.717) is 0 Å². The summed E-state index contributed by atoms with van der Waals surface area (Å²) in [5, 5.41) is 8.25. The van der Waals surface area contributed by atoms with Crippen LogP contribution in [0.4, 0.5) is 26.3 Å². The van der Waals surface area contributed by atoms with Crippen molar-refractivity contribution >= 4 is 5.78 Å². The van der Waals surface area contributed by atoms with Crippen molar-refractivity contribution in [2.45, 2.75) is 17.8 Å². The number of aliphatic hydroxyl groups is 1. The number of allylic oxidation sites excluding steroid dienone is 2. The molecule has 0 aromatic rings. The molecule has 0 fully saturated rings. The van der Waals surface area contributed by atoms with Gasteiger partial charge in [-0.3, -0.25) is 4.79 Å². The molecule has 1 aliphatic rings. The summed E-state index contributed by atoms with van der Waals surface area (Å²) in [5.74, 6) is -21.8. The van der Waals surface area contributed by atoms with Crippen molar-refractivity contribution in [1.82, 2.24) is 0 Å². The third-order valence-corrected chi connectivity index (χ3v) is 1.69. The lowest BCUT2D eigenvalue weighted by molar-refractivity contribution is -0.294. The second-order valence-corrected chi connectivity index (χ2v) is 2.62. The van der Waals surface area contributed by atoms with Gasteiger partial charge in [0.05, 0.1) is 0 Å². The molecule has 1 N–H and O–H groups in total. The lowest BCUT2D eigenvalue weighted by atomic mass is 9.93. The molecular formula is C6H2F6O2. The predicted molar refractivity (Wildman–Crippen MR) is 30.6 cm³/mol. The monoisotopic (exact) mass is 220 g/mol. The third kappa shape index (κ3) is 0.962. The molecule has 14 heavy (non-hydrogen) atoms. The molecule has 0 aliphatic heterocycles. The molecule has 0 spiro atoms. The number of alkyl halides is 6. The Labute approximate surface area is 72.8 Å². The Morgan fingerprint density at radius 2 is 1.43 bits per heavy atom. The summed E-state index contributed by atoms with van der Waals surface area (Å²) in [4.78, 5) is 10.2. The van der Waals surface area contributed by atoms with Gasteiger partial charge in [-0.1, -0.05) is 0 Å². The van der Waals surface area contributed by atoms with Crippen LogP contribution in [0.5, 0.6) is 0 Å². The Kier molecular flexibility index (Phi) is 1.88. The number of aliphatic hydroxyl groups excluding tert-OH is 1. The maximum absolute atomic E-state index is 12.3. The van der Waals surface area contributed by atoms with Crippen LogP contribution in [0, 0.1) is 0 Å². The molecule has 1 aliphatic carbocycles. The highest BCUT2D eigenvalue weighted by Crippen LogP contribution is 2.51. The number of rotatable bonds is 0. The zero-order chi connectivity index (χ0) is 11.4. The van der Waals surface area contributed by atoms with Gasteiger partial charge in [0.25, 0.3) is 0 Å². The Morgan fingerprint density at radius 1 is 1.00 bits per heavy atom. The standard InChI is InChI=1S/C6H2F6O2/c7-4(8)2(13)1-3(14)5(9,10)6(4,11)12/h1,13H. The van der Waals surface area contributed by atoms with Gasteiger partial charge in [-0.15, -0.1) is 0 Å². The molecule has 0 saturated carbocycles. The largest absolute Gasteiger partial charge is 0.506 e. The Balaban J connectivity index is 3.42. The summed E-state index contributed by atoms with van der Waals surface area (Å²) in [6.07, 6.45) is -0.600. The summed E-state index contributed by atoms with van der Waals surface area (Å²) in [5.41, 5.74) is 0. The first-order valence-corrected chi connectivity index (χ1v) is 3.14. The normalized spacial score (nSPS) is 28.4. The lowest BCUT2D eigenvalue weighted by Crippen LogP contribution is -2.61. The first-order chi connectivity index (χ1) is 6.05. The molecule has 2 nitrogen and oxygen atoms in total. The van der Waals surface area contributed by atoms with Crippen molar-refractivity contribution in [3.8, 4) is 0 Å². The molecule has 0 radical (unpaired) electrons. The Bertz CT molecular complexity index is 318. The summed E-state index contributed by atoms with van der Waals surface area (Å²) in [6.45, 7) is 0. The van der Waals surface area contributed by atoms with Crippen LogP contribution in [0.1, 0.15) is 0 Å². The Morgan fingerprint density at radius 3 is 1.86 bits per heavy atom. The summed E-state index contributed by atoms with van der Waals surface area (Å²) in [6, 6.07) is 0. The molecule has 0 atom stereocenters. The smallest absolute Gasteiger partial charge is 0.387 e. The van der Waals surface area contributed by atoms with Crippen molar-refractivity contribution in [1.29, 1.82) is 0 Å². The molecular weight excluding hydrogens is 218 g/mol. The maximum atomic E-state index is 12.3. The van der Waals surface area contributed by atoms with Gasteiger partial charge in [-0.05, 0) is 0 Å². The second kappa shape index (κ2) is 2.43. The summed E-state index contributed by atoms with van der Waals surface area (Å²) >= 11 is 0. The summed E-state index contributed by atoms with van der Waals surface area (Å²) in [7, 11) is 0. The zero-order valence-electron chi connectivity index (χ0n) is 6.20. The lowest BCUT2D eigenvalue weighted by Gasteiger charge is -2.33. The molecule has 0 aromatic heterocycles. The summed E-state index contributed by atoms with van der Waals surface area (Å²) < 4.78 is 74.0. The predicted octanol–water partition coefficient (Wildman–Crippen LogP) is 1.92. The van der Waals surface area contributed by atoms with Crippen molar-refractivity contribution in [2.75, 3.05) is 0 Å². The fourth-order valence-electron chi connectivity index (χ4n) is 0.818. The molecule has 0 unspecified atom stereocenters. The van der Waals surface area contributed by atoms with E-state index in [1.165, 1.54) is 0 Å². The quantitative estimate of drug-likeness (QED) is 0.633. The maximum Gasteiger partial charge on any atom is 0.387 e. The Hall–Kier alpha value is -1.21. The van der Waals surface area contributed by atoms with Gasteiger partial charge >= 0.3 is 17.8 Å². The number of carbonyl (C=O) groups is 1. The fourth-order valence-corrected chi connectivity index (χ4v) is 0.818. The molecule has 0 aromatic carbocycles. The van der Waals surface area contributed by atoms with Crippen molar-refractivity contribution in [3.63, 3.8) is 0 Å². The fraction of sp³-hybridized carbons (Fsp3) is 0.500. The minimum absolute atomic E-state index is 0.600. The van der Waals surface area contributed by atoms with E-state index in [1.54, 1.807) is 0 Å². The van der Waals surface area contributed by atoms with Gasteiger partial charge < -0.3 is 5.11 Å². The number of carbonyl (C=O) groups excluding carboxylic acids is 1. The van der Waals surface area contributed by atoms with Crippen LogP contribution < -0.4 is 0 Å². The number of hydrogen-bond donors (Lipinski definition) is 1.